The Bertz CT molecular complexity index is 877. The summed E-state index contributed by atoms with van der Waals surface area (Å²) in [4.78, 5) is 49.2. The van der Waals surface area contributed by atoms with E-state index in [-0.39, 0.29) is 11.5 Å². The SMILES string of the molecule is CC[C@H](C)[C@@H](NC(=O)Cn1c(=O)c(C#N)c2n(c1=O)CCC2)C(=O)OC. The van der Waals surface area contributed by atoms with E-state index in [1.165, 1.54) is 11.7 Å². The number of carbonyl (C=O) groups excluding carboxylic acids is 2. The number of amides is 1. The third kappa shape index (κ3) is 3.54. The second kappa shape index (κ2) is 7.99. The van der Waals surface area contributed by atoms with Crippen LogP contribution in [0, 0.1) is 17.2 Å². The van der Waals surface area contributed by atoms with Crippen LogP contribution < -0.4 is 16.6 Å². The smallest absolute Gasteiger partial charge is 0.331 e. The molecule has 0 saturated heterocycles. The summed E-state index contributed by atoms with van der Waals surface area (Å²) < 4.78 is 6.80. The van der Waals surface area contributed by atoms with Gasteiger partial charge in [-0.2, -0.15) is 5.26 Å². The van der Waals surface area contributed by atoms with Crippen molar-refractivity contribution in [2.75, 3.05) is 7.11 Å². The average molecular weight is 362 g/mol. The molecule has 26 heavy (non-hydrogen) atoms. The monoisotopic (exact) mass is 362 g/mol. The molecule has 0 aliphatic carbocycles. The van der Waals surface area contributed by atoms with Gasteiger partial charge in [0.05, 0.1) is 7.11 Å². The molecule has 0 bridgehead atoms. The molecule has 1 aromatic heterocycles. The van der Waals surface area contributed by atoms with E-state index in [1.807, 2.05) is 13.0 Å². The molecule has 9 nitrogen and oxygen atoms in total. The number of nitrogens with zero attached hydrogens (tertiary/aromatic N) is 3. The Labute approximate surface area is 150 Å². The minimum atomic E-state index is -0.874. The molecule has 1 aliphatic rings. The van der Waals surface area contributed by atoms with E-state index < -0.39 is 35.7 Å². The summed E-state index contributed by atoms with van der Waals surface area (Å²) >= 11 is 0. The molecule has 1 N–H and O–H groups in total. The van der Waals surface area contributed by atoms with E-state index in [0.29, 0.717) is 31.5 Å². The van der Waals surface area contributed by atoms with Crippen molar-refractivity contribution in [2.24, 2.45) is 5.92 Å². The molecule has 0 fully saturated rings. The van der Waals surface area contributed by atoms with Crippen LogP contribution in [0.25, 0.3) is 0 Å². The largest absolute Gasteiger partial charge is 0.467 e. The van der Waals surface area contributed by atoms with Gasteiger partial charge < -0.3 is 10.1 Å². The highest BCUT2D eigenvalue weighted by Crippen LogP contribution is 2.13. The zero-order valence-electron chi connectivity index (χ0n) is 15.1. The predicted octanol–water partition coefficient (Wildman–Crippen LogP) is -0.468. The van der Waals surface area contributed by atoms with Gasteiger partial charge in [0.15, 0.2) is 0 Å². The van der Waals surface area contributed by atoms with Gasteiger partial charge in [-0.05, 0) is 18.8 Å². The van der Waals surface area contributed by atoms with Crippen LogP contribution in [0.15, 0.2) is 9.59 Å². The number of nitriles is 1. The van der Waals surface area contributed by atoms with Crippen LogP contribution in [-0.2, 0) is 33.8 Å². The van der Waals surface area contributed by atoms with Gasteiger partial charge in [0, 0.05) is 12.2 Å². The van der Waals surface area contributed by atoms with Crippen molar-refractivity contribution in [2.45, 2.75) is 52.2 Å². The highest BCUT2D eigenvalue weighted by atomic mass is 16.5. The fraction of sp³-hybridized carbons (Fsp3) is 0.588. The lowest BCUT2D eigenvalue weighted by Crippen LogP contribution is -2.50. The average Bonchev–Trinajstić information content (AvgIpc) is 3.12. The Balaban J connectivity index is 2.33. The summed E-state index contributed by atoms with van der Waals surface area (Å²) in [5.74, 6) is -1.44. The molecular formula is C17H22N4O5. The number of carbonyl (C=O) groups is 2. The van der Waals surface area contributed by atoms with Crippen LogP contribution in [0.3, 0.4) is 0 Å². The van der Waals surface area contributed by atoms with Gasteiger partial charge in [-0.15, -0.1) is 0 Å². The first-order valence-electron chi connectivity index (χ1n) is 8.49. The molecule has 1 aliphatic heterocycles. The van der Waals surface area contributed by atoms with Crippen LogP contribution in [-0.4, -0.2) is 34.2 Å². The summed E-state index contributed by atoms with van der Waals surface area (Å²) in [6.07, 6.45) is 1.77. The Kier molecular flexibility index (Phi) is 5.97. The molecule has 2 rings (SSSR count). The van der Waals surface area contributed by atoms with Crippen molar-refractivity contribution in [1.29, 1.82) is 5.26 Å². The molecule has 9 heteroatoms. The minimum absolute atomic E-state index is 0.110. The number of esters is 1. The van der Waals surface area contributed by atoms with E-state index in [1.54, 1.807) is 6.92 Å². The third-order valence-corrected chi connectivity index (χ3v) is 4.73. The van der Waals surface area contributed by atoms with Crippen LogP contribution in [0.1, 0.15) is 37.9 Å². The van der Waals surface area contributed by atoms with Gasteiger partial charge in [0.1, 0.15) is 24.2 Å². The fourth-order valence-electron chi connectivity index (χ4n) is 3.05. The van der Waals surface area contributed by atoms with Gasteiger partial charge >= 0.3 is 11.7 Å². The fourth-order valence-corrected chi connectivity index (χ4v) is 3.05. The lowest BCUT2D eigenvalue weighted by atomic mass is 9.99. The molecule has 0 spiro atoms. The number of nitrogens with one attached hydrogen (secondary N) is 1. The molecule has 0 aromatic carbocycles. The second-order valence-corrected chi connectivity index (χ2v) is 6.32. The van der Waals surface area contributed by atoms with E-state index in [2.05, 4.69) is 5.32 Å². The van der Waals surface area contributed by atoms with Crippen molar-refractivity contribution in [3.63, 3.8) is 0 Å². The Morgan fingerprint density at radius 1 is 1.38 bits per heavy atom. The lowest BCUT2D eigenvalue weighted by molar-refractivity contribution is -0.146. The standard InChI is InChI=1S/C17H22N4O5/c1-4-10(2)14(16(24)26-3)19-13(22)9-21-15(23)11(8-18)12-6-5-7-20(12)17(21)25/h10,14H,4-7,9H2,1-3H3,(H,19,22)/t10-,14+/m0/s1. The summed E-state index contributed by atoms with van der Waals surface area (Å²) in [5, 5.41) is 11.8. The van der Waals surface area contributed by atoms with E-state index in [4.69, 9.17) is 4.74 Å². The van der Waals surface area contributed by atoms with Crippen molar-refractivity contribution in [1.82, 2.24) is 14.5 Å². The molecule has 2 heterocycles. The molecule has 0 radical (unpaired) electrons. The topological polar surface area (TPSA) is 123 Å². The summed E-state index contributed by atoms with van der Waals surface area (Å²) in [6, 6.07) is 0.959. The highest BCUT2D eigenvalue weighted by molar-refractivity contribution is 5.84. The number of rotatable bonds is 6. The maximum absolute atomic E-state index is 12.5. The lowest BCUT2D eigenvalue weighted by Gasteiger charge is -2.22. The van der Waals surface area contributed by atoms with Crippen LogP contribution in [0.2, 0.25) is 0 Å². The van der Waals surface area contributed by atoms with Gasteiger partial charge in [-0.3, -0.25) is 14.2 Å². The Morgan fingerprint density at radius 2 is 2.08 bits per heavy atom. The van der Waals surface area contributed by atoms with Crippen LogP contribution in [0.5, 0.6) is 0 Å². The number of ether oxygens (including phenoxy) is 1. The van der Waals surface area contributed by atoms with Crippen molar-refractivity contribution < 1.29 is 14.3 Å². The normalized spacial score (nSPS) is 14.8. The molecule has 0 unspecified atom stereocenters. The first-order valence-corrected chi connectivity index (χ1v) is 8.49. The zero-order chi connectivity index (χ0) is 19.4. The quantitative estimate of drug-likeness (QED) is 0.683. The predicted molar refractivity (Wildman–Crippen MR) is 91.4 cm³/mol. The Hall–Kier alpha value is -2.89. The number of methoxy groups -OCH3 is 1. The van der Waals surface area contributed by atoms with Crippen LogP contribution >= 0.6 is 0 Å². The summed E-state index contributed by atoms with van der Waals surface area (Å²) in [5.41, 5.74) is -1.08. The van der Waals surface area contributed by atoms with Gasteiger partial charge in [-0.1, -0.05) is 20.3 Å². The number of fused-ring (bicyclic) bond motifs is 1. The van der Waals surface area contributed by atoms with E-state index >= 15 is 0 Å². The van der Waals surface area contributed by atoms with Crippen molar-refractivity contribution >= 4 is 11.9 Å². The highest BCUT2D eigenvalue weighted by Gasteiger charge is 2.28. The van der Waals surface area contributed by atoms with Crippen molar-refractivity contribution in [3.8, 4) is 6.07 Å². The Morgan fingerprint density at radius 3 is 2.65 bits per heavy atom. The first kappa shape index (κ1) is 19.4. The van der Waals surface area contributed by atoms with E-state index in [9.17, 15) is 24.4 Å². The summed E-state index contributed by atoms with van der Waals surface area (Å²) in [7, 11) is 1.22. The molecule has 2 atom stereocenters. The number of hydrogen-bond donors (Lipinski definition) is 1. The van der Waals surface area contributed by atoms with Crippen molar-refractivity contribution in [3.05, 3.63) is 32.1 Å². The molecule has 1 aromatic rings. The third-order valence-electron chi connectivity index (χ3n) is 4.73. The zero-order valence-corrected chi connectivity index (χ0v) is 15.1. The summed E-state index contributed by atoms with van der Waals surface area (Å²) in [6.45, 7) is 3.49. The van der Waals surface area contributed by atoms with Gasteiger partial charge in [0.25, 0.3) is 5.56 Å². The number of aromatic nitrogens is 2. The van der Waals surface area contributed by atoms with Gasteiger partial charge in [-0.25, -0.2) is 14.2 Å². The van der Waals surface area contributed by atoms with Gasteiger partial charge in [0.2, 0.25) is 5.91 Å². The molecule has 1 amide bonds. The maximum Gasteiger partial charge on any atom is 0.331 e. The molecule has 140 valence electrons. The second-order valence-electron chi connectivity index (χ2n) is 6.32. The van der Waals surface area contributed by atoms with Crippen LogP contribution in [0.4, 0.5) is 0 Å². The minimum Gasteiger partial charge on any atom is -0.467 e. The van der Waals surface area contributed by atoms with E-state index in [0.717, 1.165) is 4.57 Å². The molecule has 0 saturated carbocycles. The maximum atomic E-state index is 12.5. The first-order chi connectivity index (χ1) is 12.3. The number of hydrogen-bond acceptors (Lipinski definition) is 6. The molecular weight excluding hydrogens is 340 g/mol.